The molecular formula is C17H27NO2. The number of methoxy groups -OCH3 is 1. The average molecular weight is 277 g/mol. The molecule has 1 heterocycles. The Labute approximate surface area is 122 Å². The molecule has 0 saturated carbocycles. The van der Waals surface area contributed by atoms with Crippen molar-refractivity contribution in [2.24, 2.45) is 0 Å². The maximum Gasteiger partial charge on any atom is 0.0874 e. The van der Waals surface area contributed by atoms with Crippen LogP contribution in [0.1, 0.15) is 31.2 Å². The van der Waals surface area contributed by atoms with Crippen molar-refractivity contribution in [2.75, 3.05) is 27.4 Å². The summed E-state index contributed by atoms with van der Waals surface area (Å²) in [5.74, 6) is 0. The molecule has 1 aromatic rings. The third-order valence-electron chi connectivity index (χ3n) is 4.53. The van der Waals surface area contributed by atoms with E-state index < -0.39 is 0 Å². The van der Waals surface area contributed by atoms with Crippen LogP contribution >= 0.6 is 0 Å². The number of aryl methyl sites for hydroxylation is 1. The van der Waals surface area contributed by atoms with Gasteiger partial charge in [-0.3, -0.25) is 0 Å². The zero-order chi connectivity index (χ0) is 14.3. The van der Waals surface area contributed by atoms with Crippen LogP contribution in [-0.2, 0) is 15.9 Å². The topological polar surface area (TPSA) is 30.5 Å². The highest BCUT2D eigenvalue weighted by molar-refractivity contribution is 5.14. The van der Waals surface area contributed by atoms with Gasteiger partial charge in [-0.1, -0.05) is 30.3 Å². The Balaban J connectivity index is 1.87. The first-order valence-electron chi connectivity index (χ1n) is 7.65. The second-order valence-corrected chi connectivity index (χ2v) is 5.60. The first-order chi connectivity index (χ1) is 9.80. The zero-order valence-electron chi connectivity index (χ0n) is 12.7. The van der Waals surface area contributed by atoms with Crippen LogP contribution < -0.4 is 5.32 Å². The molecule has 1 aliphatic heterocycles. The number of ether oxygens (including phenoxy) is 2. The highest BCUT2D eigenvalue weighted by Crippen LogP contribution is 2.30. The Morgan fingerprint density at radius 3 is 2.55 bits per heavy atom. The summed E-state index contributed by atoms with van der Waals surface area (Å²) in [4.78, 5) is 0. The summed E-state index contributed by atoms with van der Waals surface area (Å²) in [5, 5.41) is 3.47. The van der Waals surface area contributed by atoms with Gasteiger partial charge in [0.15, 0.2) is 0 Å². The third kappa shape index (κ3) is 3.81. The van der Waals surface area contributed by atoms with Crippen LogP contribution in [-0.4, -0.2) is 39.0 Å². The van der Waals surface area contributed by atoms with Gasteiger partial charge in [0, 0.05) is 39.2 Å². The summed E-state index contributed by atoms with van der Waals surface area (Å²) >= 11 is 0. The first-order valence-corrected chi connectivity index (χ1v) is 7.65. The average Bonchev–Trinajstić information content (AvgIpc) is 2.53. The molecule has 0 spiro atoms. The van der Waals surface area contributed by atoms with E-state index >= 15 is 0 Å². The molecule has 20 heavy (non-hydrogen) atoms. The number of likely N-dealkylation sites (N-methyl/N-ethyl adjacent to an activating group) is 1. The van der Waals surface area contributed by atoms with Crippen molar-refractivity contribution in [3.8, 4) is 0 Å². The molecule has 1 N–H and O–H groups in total. The smallest absolute Gasteiger partial charge is 0.0874 e. The molecule has 0 radical (unpaired) electrons. The maximum atomic E-state index is 5.89. The second-order valence-electron chi connectivity index (χ2n) is 5.60. The minimum Gasteiger partial charge on any atom is -0.381 e. The van der Waals surface area contributed by atoms with Crippen molar-refractivity contribution in [1.82, 2.24) is 5.32 Å². The number of hydrogen-bond donors (Lipinski definition) is 1. The molecule has 0 amide bonds. The second kappa shape index (κ2) is 7.77. The summed E-state index contributed by atoms with van der Waals surface area (Å²) in [6.07, 6.45) is 5.43. The molecule has 1 unspecified atom stereocenters. The molecule has 3 nitrogen and oxygen atoms in total. The fourth-order valence-corrected chi connectivity index (χ4v) is 3.24. The molecule has 0 aliphatic carbocycles. The lowest BCUT2D eigenvalue weighted by Crippen LogP contribution is -2.54. The number of nitrogens with one attached hydrogen (secondary N) is 1. The Bertz CT molecular complexity index is 374. The van der Waals surface area contributed by atoms with Gasteiger partial charge in [-0.15, -0.1) is 0 Å². The Hall–Kier alpha value is -0.900. The lowest BCUT2D eigenvalue weighted by Gasteiger charge is -2.42. The van der Waals surface area contributed by atoms with E-state index in [9.17, 15) is 0 Å². The van der Waals surface area contributed by atoms with E-state index in [0.717, 1.165) is 38.9 Å². The van der Waals surface area contributed by atoms with E-state index in [1.807, 2.05) is 14.2 Å². The highest BCUT2D eigenvalue weighted by Gasteiger charge is 2.39. The Morgan fingerprint density at radius 1 is 1.25 bits per heavy atom. The van der Waals surface area contributed by atoms with E-state index in [1.54, 1.807) is 0 Å². The van der Waals surface area contributed by atoms with Crippen LogP contribution in [0.2, 0.25) is 0 Å². The normalized spacial score (nSPS) is 19.7. The number of benzene rings is 1. The Kier molecular flexibility index (Phi) is 6.02. The third-order valence-corrected chi connectivity index (χ3v) is 4.53. The van der Waals surface area contributed by atoms with Crippen molar-refractivity contribution in [2.45, 2.75) is 43.7 Å². The van der Waals surface area contributed by atoms with Crippen LogP contribution in [0, 0.1) is 0 Å². The van der Waals surface area contributed by atoms with Crippen LogP contribution in [0.4, 0.5) is 0 Å². The lowest BCUT2D eigenvalue weighted by atomic mass is 9.83. The predicted octanol–water partition coefficient (Wildman–Crippen LogP) is 2.79. The van der Waals surface area contributed by atoms with Crippen LogP contribution in [0.15, 0.2) is 30.3 Å². The number of hydrogen-bond acceptors (Lipinski definition) is 3. The van der Waals surface area contributed by atoms with E-state index in [0.29, 0.717) is 6.04 Å². The summed E-state index contributed by atoms with van der Waals surface area (Å²) in [7, 11) is 3.89. The molecule has 1 aromatic carbocycles. The van der Waals surface area contributed by atoms with Crippen LogP contribution in [0.3, 0.4) is 0 Å². The summed E-state index contributed by atoms with van der Waals surface area (Å²) < 4.78 is 11.4. The quantitative estimate of drug-likeness (QED) is 0.831. The van der Waals surface area contributed by atoms with Gasteiger partial charge < -0.3 is 14.8 Å². The van der Waals surface area contributed by atoms with Gasteiger partial charge in [-0.25, -0.2) is 0 Å². The van der Waals surface area contributed by atoms with Crippen LogP contribution in [0.25, 0.3) is 0 Å². The highest BCUT2D eigenvalue weighted by atomic mass is 16.5. The van der Waals surface area contributed by atoms with Crippen molar-refractivity contribution >= 4 is 0 Å². The number of rotatable bonds is 7. The maximum absolute atomic E-state index is 5.89. The van der Waals surface area contributed by atoms with E-state index in [4.69, 9.17) is 9.47 Å². The van der Waals surface area contributed by atoms with Gasteiger partial charge in [0.05, 0.1) is 5.60 Å². The monoisotopic (exact) mass is 277 g/mol. The van der Waals surface area contributed by atoms with Gasteiger partial charge in [0.2, 0.25) is 0 Å². The van der Waals surface area contributed by atoms with Crippen molar-refractivity contribution in [3.05, 3.63) is 35.9 Å². The van der Waals surface area contributed by atoms with Gasteiger partial charge in [0.1, 0.15) is 0 Å². The molecule has 0 aromatic heterocycles. The molecule has 2 rings (SSSR count). The van der Waals surface area contributed by atoms with Crippen LogP contribution in [0.5, 0.6) is 0 Å². The lowest BCUT2D eigenvalue weighted by molar-refractivity contribution is -0.110. The largest absolute Gasteiger partial charge is 0.381 e. The summed E-state index contributed by atoms with van der Waals surface area (Å²) in [5.41, 5.74) is 1.37. The fraction of sp³-hybridized carbons (Fsp3) is 0.647. The molecule has 1 fully saturated rings. The van der Waals surface area contributed by atoms with Crippen molar-refractivity contribution in [1.29, 1.82) is 0 Å². The van der Waals surface area contributed by atoms with Gasteiger partial charge in [0.25, 0.3) is 0 Å². The van der Waals surface area contributed by atoms with Crippen molar-refractivity contribution < 1.29 is 9.47 Å². The molecule has 1 aliphatic rings. The van der Waals surface area contributed by atoms with Crippen molar-refractivity contribution in [3.63, 3.8) is 0 Å². The van der Waals surface area contributed by atoms with E-state index in [2.05, 4.69) is 35.6 Å². The first kappa shape index (κ1) is 15.5. The predicted molar refractivity (Wildman–Crippen MR) is 82.0 cm³/mol. The van der Waals surface area contributed by atoms with Gasteiger partial charge >= 0.3 is 0 Å². The van der Waals surface area contributed by atoms with E-state index in [-0.39, 0.29) is 5.60 Å². The molecular weight excluding hydrogens is 250 g/mol. The molecule has 1 atom stereocenters. The minimum absolute atomic E-state index is 0.0519. The summed E-state index contributed by atoms with van der Waals surface area (Å²) in [6, 6.07) is 11.1. The molecule has 0 bridgehead atoms. The molecule has 3 heteroatoms. The minimum atomic E-state index is -0.0519. The Morgan fingerprint density at radius 2 is 1.95 bits per heavy atom. The summed E-state index contributed by atoms with van der Waals surface area (Å²) in [6.45, 7) is 1.62. The van der Waals surface area contributed by atoms with Gasteiger partial charge in [-0.2, -0.15) is 0 Å². The zero-order valence-corrected chi connectivity index (χ0v) is 12.7. The van der Waals surface area contributed by atoms with E-state index in [1.165, 1.54) is 12.0 Å². The SMILES string of the molecule is CNC(CCCc1ccccc1)C1(OC)CCOCC1. The standard InChI is InChI=1S/C17H27NO2/c1-18-16(17(19-2)11-13-20-14-12-17)10-6-9-15-7-4-3-5-8-15/h3-5,7-8,16,18H,6,9-14H2,1-2H3. The fourth-order valence-electron chi connectivity index (χ4n) is 3.24. The van der Waals surface area contributed by atoms with Gasteiger partial charge in [-0.05, 0) is 31.9 Å². The molecule has 1 saturated heterocycles. The molecule has 112 valence electrons.